The Balaban J connectivity index is 2.31. The Hall–Kier alpha value is -0.370. The molecule has 0 aromatic carbocycles. The van der Waals surface area contributed by atoms with Crippen LogP contribution in [0.4, 0.5) is 0 Å². The molecule has 2 atom stereocenters. The number of rotatable bonds is 4. The van der Waals surface area contributed by atoms with E-state index in [1.54, 1.807) is 0 Å². The monoisotopic (exact) mass is 211 g/mol. The quantitative estimate of drug-likeness (QED) is 0.774. The van der Waals surface area contributed by atoms with Gasteiger partial charge in [-0.15, -0.1) is 0 Å². The van der Waals surface area contributed by atoms with Crippen molar-refractivity contribution >= 4 is 5.78 Å². The number of ketones is 1. The average Bonchev–Trinajstić information content (AvgIpc) is 2.20. The average molecular weight is 211 g/mol. The van der Waals surface area contributed by atoms with Gasteiger partial charge in [-0.3, -0.25) is 4.79 Å². The Kier molecular flexibility index (Phi) is 5.92. The maximum absolute atomic E-state index is 11.8. The topological polar surface area (TPSA) is 29.1 Å². The molecule has 1 fully saturated rings. The molecule has 0 bridgehead atoms. The molecule has 15 heavy (non-hydrogen) atoms. The van der Waals surface area contributed by atoms with Crippen molar-refractivity contribution in [3.05, 3.63) is 0 Å². The third-order valence-electron chi connectivity index (χ3n) is 3.52. The molecule has 0 aliphatic carbocycles. The van der Waals surface area contributed by atoms with E-state index < -0.39 is 0 Å². The number of Topliss-reactive ketones (excluding diaryl/α,β-unsaturated/α-hetero) is 1. The first kappa shape index (κ1) is 12.7. The van der Waals surface area contributed by atoms with Crippen LogP contribution in [0.25, 0.3) is 0 Å². The lowest BCUT2D eigenvalue weighted by atomic mass is 9.94. The van der Waals surface area contributed by atoms with E-state index in [0.717, 1.165) is 19.4 Å². The number of carbonyl (C=O) groups excluding carboxylic acids is 1. The molecule has 0 saturated carbocycles. The molecular weight excluding hydrogens is 186 g/mol. The Bertz CT molecular complexity index is 183. The van der Waals surface area contributed by atoms with E-state index in [1.165, 1.54) is 32.1 Å². The fourth-order valence-corrected chi connectivity index (χ4v) is 2.12. The zero-order chi connectivity index (χ0) is 11.1. The van der Waals surface area contributed by atoms with Gasteiger partial charge in [0, 0.05) is 18.4 Å². The molecule has 1 aliphatic heterocycles. The molecule has 1 rings (SSSR count). The predicted octanol–water partition coefficient (Wildman–Crippen LogP) is 2.91. The van der Waals surface area contributed by atoms with Gasteiger partial charge in [0.2, 0.25) is 0 Å². The first-order chi connectivity index (χ1) is 7.24. The van der Waals surface area contributed by atoms with E-state index in [2.05, 4.69) is 12.2 Å². The minimum absolute atomic E-state index is 0.247. The van der Waals surface area contributed by atoms with Crippen molar-refractivity contribution < 1.29 is 4.79 Å². The van der Waals surface area contributed by atoms with Gasteiger partial charge in [0.25, 0.3) is 0 Å². The van der Waals surface area contributed by atoms with Gasteiger partial charge in [0.05, 0.1) is 0 Å². The van der Waals surface area contributed by atoms with E-state index in [1.807, 2.05) is 6.92 Å². The predicted molar refractivity (Wildman–Crippen MR) is 64.0 cm³/mol. The maximum Gasteiger partial charge on any atom is 0.137 e. The highest BCUT2D eigenvalue weighted by molar-refractivity contribution is 5.81. The fraction of sp³-hybridized carbons (Fsp3) is 0.923. The van der Waals surface area contributed by atoms with Crippen LogP contribution in [0.2, 0.25) is 0 Å². The van der Waals surface area contributed by atoms with E-state index in [0.29, 0.717) is 11.8 Å². The molecule has 1 N–H and O–H groups in total. The normalized spacial score (nSPS) is 25.3. The summed E-state index contributed by atoms with van der Waals surface area (Å²) < 4.78 is 0. The largest absolute Gasteiger partial charge is 0.314 e. The Morgan fingerprint density at radius 3 is 2.80 bits per heavy atom. The van der Waals surface area contributed by atoms with Gasteiger partial charge >= 0.3 is 0 Å². The smallest absolute Gasteiger partial charge is 0.137 e. The Morgan fingerprint density at radius 1 is 1.33 bits per heavy atom. The van der Waals surface area contributed by atoms with Crippen molar-refractivity contribution in [2.75, 3.05) is 6.54 Å². The van der Waals surface area contributed by atoms with Crippen LogP contribution in [0.15, 0.2) is 0 Å². The summed E-state index contributed by atoms with van der Waals surface area (Å²) in [5.74, 6) is 0.688. The molecule has 88 valence electrons. The van der Waals surface area contributed by atoms with Gasteiger partial charge in [-0.1, -0.05) is 33.1 Å². The molecule has 0 aromatic rings. The summed E-state index contributed by atoms with van der Waals surface area (Å²) in [5.41, 5.74) is 0. The fourth-order valence-electron chi connectivity index (χ4n) is 2.12. The second-order valence-corrected chi connectivity index (χ2v) is 4.83. The van der Waals surface area contributed by atoms with Crippen LogP contribution in [0.5, 0.6) is 0 Å². The number of hydrogen-bond acceptors (Lipinski definition) is 2. The lowest BCUT2D eigenvalue weighted by Crippen LogP contribution is -2.34. The molecule has 1 heterocycles. The van der Waals surface area contributed by atoms with Crippen LogP contribution < -0.4 is 5.32 Å². The summed E-state index contributed by atoms with van der Waals surface area (Å²) in [4.78, 5) is 11.8. The summed E-state index contributed by atoms with van der Waals surface area (Å²) in [5, 5.41) is 3.51. The minimum Gasteiger partial charge on any atom is -0.314 e. The zero-order valence-electron chi connectivity index (χ0n) is 10.2. The molecular formula is C13H25NO. The van der Waals surface area contributed by atoms with Crippen molar-refractivity contribution in [1.29, 1.82) is 0 Å². The van der Waals surface area contributed by atoms with E-state index >= 15 is 0 Å². The third-order valence-corrected chi connectivity index (χ3v) is 3.52. The Morgan fingerprint density at radius 2 is 2.07 bits per heavy atom. The second kappa shape index (κ2) is 7.00. The molecule has 2 heteroatoms. The second-order valence-electron chi connectivity index (χ2n) is 4.83. The van der Waals surface area contributed by atoms with E-state index in [9.17, 15) is 4.79 Å². The molecule has 0 spiro atoms. The van der Waals surface area contributed by atoms with Crippen molar-refractivity contribution in [2.24, 2.45) is 5.92 Å². The van der Waals surface area contributed by atoms with Crippen LogP contribution in [-0.2, 0) is 4.79 Å². The molecule has 2 unspecified atom stereocenters. The lowest BCUT2D eigenvalue weighted by molar-refractivity contribution is -0.123. The molecule has 1 saturated heterocycles. The van der Waals surface area contributed by atoms with Crippen LogP contribution in [0, 0.1) is 5.92 Å². The first-order valence-corrected chi connectivity index (χ1v) is 6.50. The number of hydrogen-bond donors (Lipinski definition) is 1. The highest BCUT2D eigenvalue weighted by atomic mass is 16.1. The molecule has 2 nitrogen and oxygen atoms in total. The van der Waals surface area contributed by atoms with E-state index in [4.69, 9.17) is 0 Å². The maximum atomic E-state index is 11.8. The summed E-state index contributed by atoms with van der Waals surface area (Å²) >= 11 is 0. The van der Waals surface area contributed by atoms with Gasteiger partial charge in [-0.05, 0) is 25.8 Å². The molecule has 0 aromatic heterocycles. The Labute approximate surface area is 93.8 Å². The standard InChI is InChI=1S/C13H25NO/c1-3-11(2)13(15)10-12-8-6-4-5-7-9-14-12/h11-12,14H,3-10H2,1-2H3. The van der Waals surface area contributed by atoms with Crippen LogP contribution in [0.3, 0.4) is 0 Å². The SMILES string of the molecule is CCC(C)C(=O)CC1CCCCCCN1. The highest BCUT2D eigenvalue weighted by Gasteiger charge is 2.17. The van der Waals surface area contributed by atoms with Gasteiger partial charge < -0.3 is 5.32 Å². The van der Waals surface area contributed by atoms with Crippen LogP contribution in [-0.4, -0.2) is 18.4 Å². The summed E-state index contributed by atoms with van der Waals surface area (Å²) in [6, 6.07) is 0.451. The van der Waals surface area contributed by atoms with Crippen molar-refractivity contribution in [3.63, 3.8) is 0 Å². The summed E-state index contributed by atoms with van der Waals surface area (Å²) in [7, 11) is 0. The third kappa shape index (κ3) is 4.78. The molecule has 0 radical (unpaired) electrons. The number of carbonyl (C=O) groups is 1. The minimum atomic E-state index is 0.247. The van der Waals surface area contributed by atoms with Crippen molar-refractivity contribution in [3.8, 4) is 0 Å². The van der Waals surface area contributed by atoms with E-state index in [-0.39, 0.29) is 5.92 Å². The molecule has 0 amide bonds. The number of nitrogens with one attached hydrogen (secondary N) is 1. The van der Waals surface area contributed by atoms with Crippen molar-refractivity contribution in [1.82, 2.24) is 5.32 Å². The van der Waals surface area contributed by atoms with Gasteiger partial charge in [0.15, 0.2) is 0 Å². The first-order valence-electron chi connectivity index (χ1n) is 6.50. The van der Waals surface area contributed by atoms with Crippen LogP contribution >= 0.6 is 0 Å². The zero-order valence-corrected chi connectivity index (χ0v) is 10.2. The van der Waals surface area contributed by atoms with Gasteiger partial charge in [0.1, 0.15) is 5.78 Å². The van der Waals surface area contributed by atoms with Gasteiger partial charge in [-0.2, -0.15) is 0 Å². The summed E-state index contributed by atoms with van der Waals surface area (Å²) in [6.07, 6.45) is 8.15. The molecule has 1 aliphatic rings. The highest BCUT2D eigenvalue weighted by Crippen LogP contribution is 2.14. The summed E-state index contributed by atoms with van der Waals surface area (Å²) in [6.45, 7) is 5.23. The van der Waals surface area contributed by atoms with Crippen molar-refractivity contribution in [2.45, 2.75) is 64.8 Å². The lowest BCUT2D eigenvalue weighted by Gasteiger charge is -2.21. The van der Waals surface area contributed by atoms with Gasteiger partial charge in [-0.25, -0.2) is 0 Å². The van der Waals surface area contributed by atoms with Crippen LogP contribution in [0.1, 0.15) is 58.8 Å².